The van der Waals surface area contributed by atoms with E-state index in [4.69, 9.17) is 23.7 Å². The number of nitrogens with one attached hydrogen (secondary N) is 1. The molecule has 1 aliphatic carbocycles. The van der Waals surface area contributed by atoms with Gasteiger partial charge in [-0.1, -0.05) is 24.4 Å². The number of hydrogen-bond acceptors (Lipinski definition) is 9. The fourth-order valence-corrected chi connectivity index (χ4v) is 4.98. The number of carbonyl (C=O) groups is 1. The lowest BCUT2D eigenvalue weighted by atomic mass is 9.88. The minimum absolute atomic E-state index is 0.0984. The summed E-state index contributed by atoms with van der Waals surface area (Å²) in [4.78, 5) is 12.7. The second kappa shape index (κ2) is 8.21. The Bertz CT molecular complexity index is 993. The van der Waals surface area contributed by atoms with Crippen molar-refractivity contribution in [3.8, 4) is 23.3 Å². The highest BCUT2D eigenvalue weighted by Gasteiger charge is 2.50. The van der Waals surface area contributed by atoms with Gasteiger partial charge in [0, 0.05) is 12.0 Å². The van der Waals surface area contributed by atoms with Gasteiger partial charge in [0.2, 0.25) is 12.7 Å². The van der Waals surface area contributed by atoms with Crippen LogP contribution in [0.4, 0.5) is 0 Å². The summed E-state index contributed by atoms with van der Waals surface area (Å²) < 4.78 is 30.3. The Morgan fingerprint density at radius 1 is 1.06 bits per heavy atom. The predicted molar refractivity (Wildman–Crippen MR) is 107 cm³/mol. The van der Waals surface area contributed by atoms with E-state index in [1.807, 2.05) is 0 Å². The Hall–Kier alpha value is -2.92. The van der Waals surface area contributed by atoms with Gasteiger partial charge in [-0.25, -0.2) is 0 Å². The van der Waals surface area contributed by atoms with Gasteiger partial charge in [0.15, 0.2) is 11.5 Å². The molecule has 4 atom stereocenters. The zero-order chi connectivity index (χ0) is 21.5. The summed E-state index contributed by atoms with van der Waals surface area (Å²) in [6, 6.07) is 5.09. The van der Waals surface area contributed by atoms with Crippen LogP contribution in [-0.4, -0.2) is 64.4 Å². The third-order valence-corrected chi connectivity index (χ3v) is 6.66. The number of amides is 1. The first-order valence-corrected chi connectivity index (χ1v) is 11.2. The summed E-state index contributed by atoms with van der Waals surface area (Å²) in [7, 11) is 0. The van der Waals surface area contributed by atoms with Crippen molar-refractivity contribution in [1.82, 2.24) is 25.5 Å². The standard InChI is InChI=1S/C21H25N5O6/c27-20(12-4-2-1-3-5-12)22-14-9-28-19-15(10-29-18(14)19)26-21(23-24-25-26)32-13-6-7-16-17(8-13)31-11-30-16/h6-8,12,14-15,18-19H,1-5,9-11H2,(H,22,27). The number of ether oxygens (including phenoxy) is 5. The summed E-state index contributed by atoms with van der Waals surface area (Å²) in [5.41, 5.74) is 0. The lowest BCUT2D eigenvalue weighted by Gasteiger charge is -2.24. The van der Waals surface area contributed by atoms with E-state index in [0.29, 0.717) is 30.5 Å². The molecule has 4 unspecified atom stereocenters. The molecule has 1 amide bonds. The van der Waals surface area contributed by atoms with Crippen LogP contribution in [0.3, 0.4) is 0 Å². The molecule has 6 rings (SSSR count). The summed E-state index contributed by atoms with van der Waals surface area (Å²) in [5, 5.41) is 15.1. The van der Waals surface area contributed by atoms with Crippen LogP contribution in [0.5, 0.6) is 23.3 Å². The van der Waals surface area contributed by atoms with Crippen molar-refractivity contribution in [3.63, 3.8) is 0 Å². The van der Waals surface area contributed by atoms with E-state index < -0.39 is 0 Å². The van der Waals surface area contributed by atoms with E-state index in [-0.39, 0.29) is 48.9 Å². The van der Waals surface area contributed by atoms with E-state index >= 15 is 0 Å². The quantitative estimate of drug-likeness (QED) is 0.735. The van der Waals surface area contributed by atoms with Crippen LogP contribution in [0.15, 0.2) is 18.2 Å². The molecular formula is C21H25N5O6. The Balaban J connectivity index is 1.13. The van der Waals surface area contributed by atoms with E-state index in [1.165, 1.54) is 6.42 Å². The number of rotatable bonds is 5. The molecule has 0 bridgehead atoms. The van der Waals surface area contributed by atoms with Gasteiger partial charge in [0.25, 0.3) is 0 Å². The first kappa shape index (κ1) is 19.7. The van der Waals surface area contributed by atoms with Crippen molar-refractivity contribution in [2.45, 2.75) is 56.4 Å². The molecule has 2 aromatic rings. The number of aromatic nitrogens is 4. The minimum atomic E-state index is -0.269. The fraction of sp³-hybridized carbons (Fsp3) is 0.619. The third-order valence-electron chi connectivity index (χ3n) is 6.66. The van der Waals surface area contributed by atoms with Crippen molar-refractivity contribution in [1.29, 1.82) is 0 Å². The highest BCUT2D eigenvalue weighted by molar-refractivity contribution is 5.79. The average molecular weight is 443 g/mol. The Labute approximate surface area is 184 Å². The molecule has 3 aliphatic heterocycles. The van der Waals surface area contributed by atoms with Crippen LogP contribution in [0.2, 0.25) is 0 Å². The molecule has 4 aliphatic rings. The zero-order valence-electron chi connectivity index (χ0n) is 17.5. The van der Waals surface area contributed by atoms with E-state index in [9.17, 15) is 4.79 Å². The largest absolute Gasteiger partial charge is 0.454 e. The maximum Gasteiger partial charge on any atom is 0.341 e. The van der Waals surface area contributed by atoms with Gasteiger partial charge in [0.1, 0.15) is 24.0 Å². The Morgan fingerprint density at radius 2 is 1.91 bits per heavy atom. The molecule has 11 nitrogen and oxygen atoms in total. The van der Waals surface area contributed by atoms with E-state index in [0.717, 1.165) is 25.7 Å². The molecule has 2 saturated heterocycles. The lowest BCUT2D eigenvalue weighted by molar-refractivity contribution is -0.127. The normalized spacial score (nSPS) is 29.1. The molecule has 3 fully saturated rings. The molecular weight excluding hydrogens is 418 g/mol. The number of fused-ring (bicyclic) bond motifs is 2. The van der Waals surface area contributed by atoms with Crippen LogP contribution in [0.1, 0.15) is 38.1 Å². The van der Waals surface area contributed by atoms with Gasteiger partial charge < -0.3 is 29.0 Å². The number of tetrazole rings is 1. The number of carbonyl (C=O) groups excluding carboxylic acids is 1. The maximum absolute atomic E-state index is 12.7. The molecule has 11 heteroatoms. The monoisotopic (exact) mass is 443 g/mol. The van der Waals surface area contributed by atoms with Gasteiger partial charge in [-0.3, -0.25) is 4.79 Å². The summed E-state index contributed by atoms with van der Waals surface area (Å²) in [6.45, 7) is 0.966. The predicted octanol–water partition coefficient (Wildman–Crippen LogP) is 1.60. The van der Waals surface area contributed by atoms with Crippen molar-refractivity contribution in [2.75, 3.05) is 20.0 Å². The van der Waals surface area contributed by atoms with Gasteiger partial charge in [-0.2, -0.15) is 4.68 Å². The molecule has 1 saturated carbocycles. The second-order valence-electron chi connectivity index (χ2n) is 8.64. The smallest absolute Gasteiger partial charge is 0.341 e. The van der Waals surface area contributed by atoms with Crippen LogP contribution in [-0.2, 0) is 14.3 Å². The van der Waals surface area contributed by atoms with Crippen LogP contribution < -0.4 is 19.5 Å². The van der Waals surface area contributed by atoms with Crippen molar-refractivity contribution < 1.29 is 28.5 Å². The van der Waals surface area contributed by atoms with Crippen molar-refractivity contribution in [2.24, 2.45) is 5.92 Å². The minimum Gasteiger partial charge on any atom is -0.454 e. The number of hydrogen-bond donors (Lipinski definition) is 1. The highest BCUT2D eigenvalue weighted by Crippen LogP contribution is 2.38. The molecule has 1 aromatic carbocycles. The molecule has 32 heavy (non-hydrogen) atoms. The van der Waals surface area contributed by atoms with Crippen LogP contribution in [0.25, 0.3) is 0 Å². The molecule has 0 radical (unpaired) electrons. The summed E-state index contributed by atoms with van der Waals surface area (Å²) in [5.74, 6) is 2.03. The number of nitrogens with zero attached hydrogens (tertiary/aromatic N) is 4. The maximum atomic E-state index is 12.7. The fourth-order valence-electron chi connectivity index (χ4n) is 4.98. The zero-order valence-corrected chi connectivity index (χ0v) is 17.5. The number of benzene rings is 1. The topological polar surface area (TPSA) is 119 Å². The Morgan fingerprint density at radius 3 is 2.81 bits per heavy atom. The van der Waals surface area contributed by atoms with E-state index in [1.54, 1.807) is 22.9 Å². The summed E-state index contributed by atoms with van der Waals surface area (Å²) in [6.07, 6.45) is 4.87. The lowest BCUT2D eigenvalue weighted by Crippen LogP contribution is -2.46. The van der Waals surface area contributed by atoms with Gasteiger partial charge >= 0.3 is 6.01 Å². The van der Waals surface area contributed by atoms with Gasteiger partial charge in [-0.15, -0.1) is 0 Å². The molecule has 4 heterocycles. The summed E-state index contributed by atoms with van der Waals surface area (Å²) >= 11 is 0. The molecule has 0 spiro atoms. The van der Waals surface area contributed by atoms with Crippen LogP contribution in [0, 0.1) is 5.92 Å². The second-order valence-corrected chi connectivity index (χ2v) is 8.64. The molecule has 1 N–H and O–H groups in total. The molecule has 170 valence electrons. The SMILES string of the molecule is O=C(NC1COC2C1OCC2n1nnnc1Oc1ccc2c(c1)OCO2)C1CCCCC1. The van der Waals surface area contributed by atoms with Crippen molar-refractivity contribution >= 4 is 5.91 Å². The van der Waals surface area contributed by atoms with Crippen LogP contribution >= 0.6 is 0 Å². The van der Waals surface area contributed by atoms with Gasteiger partial charge in [-0.05, 0) is 35.4 Å². The van der Waals surface area contributed by atoms with Crippen molar-refractivity contribution in [3.05, 3.63) is 18.2 Å². The first-order chi connectivity index (χ1) is 15.8. The average Bonchev–Trinajstić information content (AvgIpc) is 3.60. The Kier molecular flexibility index (Phi) is 5.07. The van der Waals surface area contributed by atoms with E-state index in [2.05, 4.69) is 20.8 Å². The van der Waals surface area contributed by atoms with Gasteiger partial charge in [0.05, 0.1) is 19.3 Å². The third kappa shape index (κ3) is 3.55. The molecule has 1 aromatic heterocycles. The highest BCUT2D eigenvalue weighted by atomic mass is 16.7. The first-order valence-electron chi connectivity index (χ1n) is 11.2.